The van der Waals surface area contributed by atoms with Crippen LogP contribution in [0, 0.1) is 0 Å². The number of benzene rings is 1. The third-order valence-electron chi connectivity index (χ3n) is 2.26. The fourth-order valence-electron chi connectivity index (χ4n) is 1.48. The van der Waals surface area contributed by atoms with Crippen molar-refractivity contribution < 1.29 is 12.6 Å². The minimum atomic E-state index is -3.55. The monoisotopic (exact) mass is 213 g/mol. The Hall–Kier alpha value is -0.910. The molecule has 1 atom stereocenters. The highest BCUT2D eigenvalue weighted by atomic mass is 32.2. The summed E-state index contributed by atoms with van der Waals surface area (Å²) in [4.78, 5) is 0. The van der Waals surface area contributed by atoms with E-state index in [0.29, 0.717) is 0 Å². The standard InChI is InChI=1S/C9H11NO3S/c1-9(7-13-14(11,12)10-9)8-5-3-2-4-6-8/h2-6,10H,7H2,1H3/t9-/m0/s1. The molecular formula is C9H11NO3S. The zero-order chi connectivity index (χ0) is 10.2. The minimum Gasteiger partial charge on any atom is -0.256 e. The molecule has 0 spiro atoms. The zero-order valence-corrected chi connectivity index (χ0v) is 8.54. The summed E-state index contributed by atoms with van der Waals surface area (Å²) in [6.45, 7) is 1.94. The van der Waals surface area contributed by atoms with Crippen molar-refractivity contribution in [2.45, 2.75) is 12.5 Å². The lowest BCUT2D eigenvalue weighted by Crippen LogP contribution is -2.37. The second kappa shape index (κ2) is 3.05. The summed E-state index contributed by atoms with van der Waals surface area (Å²) in [5, 5.41) is 0. The van der Waals surface area contributed by atoms with E-state index in [4.69, 9.17) is 0 Å². The molecule has 0 aliphatic carbocycles. The molecule has 1 aliphatic heterocycles. The fraction of sp³-hybridized carbons (Fsp3) is 0.333. The lowest BCUT2D eigenvalue weighted by molar-refractivity contribution is 0.286. The first kappa shape index (κ1) is 9.64. The predicted octanol–water partition coefficient (Wildman–Crippen LogP) is 0.766. The van der Waals surface area contributed by atoms with Gasteiger partial charge in [0, 0.05) is 0 Å². The van der Waals surface area contributed by atoms with Crippen molar-refractivity contribution in [3.8, 4) is 0 Å². The summed E-state index contributed by atoms with van der Waals surface area (Å²) >= 11 is 0. The summed E-state index contributed by atoms with van der Waals surface area (Å²) in [5.74, 6) is 0. The maximum absolute atomic E-state index is 11.1. The SMILES string of the molecule is C[C@@]1(c2ccccc2)COS(=O)(=O)N1. The van der Waals surface area contributed by atoms with E-state index in [1.165, 1.54) is 0 Å². The Morgan fingerprint density at radius 3 is 2.50 bits per heavy atom. The molecule has 4 nitrogen and oxygen atoms in total. The Morgan fingerprint density at radius 1 is 1.36 bits per heavy atom. The quantitative estimate of drug-likeness (QED) is 0.749. The van der Waals surface area contributed by atoms with Crippen LogP contribution in [0.2, 0.25) is 0 Å². The molecule has 1 N–H and O–H groups in total. The lowest BCUT2D eigenvalue weighted by Gasteiger charge is -2.20. The predicted molar refractivity (Wildman–Crippen MR) is 51.8 cm³/mol. The molecule has 0 bridgehead atoms. The smallest absolute Gasteiger partial charge is 0.256 e. The molecule has 1 saturated heterocycles. The summed E-state index contributed by atoms with van der Waals surface area (Å²) < 4.78 is 29.3. The van der Waals surface area contributed by atoms with Gasteiger partial charge in [0.15, 0.2) is 0 Å². The zero-order valence-electron chi connectivity index (χ0n) is 7.73. The summed E-state index contributed by atoms with van der Waals surface area (Å²) in [6.07, 6.45) is 0. The van der Waals surface area contributed by atoms with E-state index in [-0.39, 0.29) is 6.61 Å². The van der Waals surface area contributed by atoms with Crippen molar-refractivity contribution in [2.75, 3.05) is 6.61 Å². The van der Waals surface area contributed by atoms with E-state index in [1.807, 2.05) is 30.3 Å². The van der Waals surface area contributed by atoms with Gasteiger partial charge in [-0.05, 0) is 12.5 Å². The van der Waals surface area contributed by atoms with Gasteiger partial charge in [-0.3, -0.25) is 4.18 Å². The third kappa shape index (κ3) is 1.66. The van der Waals surface area contributed by atoms with E-state index in [2.05, 4.69) is 8.91 Å². The second-order valence-corrected chi connectivity index (χ2v) is 4.86. The van der Waals surface area contributed by atoms with Crippen molar-refractivity contribution in [1.82, 2.24) is 4.72 Å². The molecule has 0 saturated carbocycles. The van der Waals surface area contributed by atoms with Gasteiger partial charge < -0.3 is 0 Å². The van der Waals surface area contributed by atoms with Crippen LogP contribution >= 0.6 is 0 Å². The van der Waals surface area contributed by atoms with Crippen LogP contribution < -0.4 is 4.72 Å². The van der Waals surface area contributed by atoms with Gasteiger partial charge in [-0.15, -0.1) is 0 Å². The lowest BCUT2D eigenvalue weighted by atomic mass is 9.94. The van der Waals surface area contributed by atoms with Gasteiger partial charge in [-0.1, -0.05) is 30.3 Å². The first-order valence-corrected chi connectivity index (χ1v) is 5.67. The number of hydrogen-bond donors (Lipinski definition) is 1. The molecule has 1 aliphatic rings. The first-order chi connectivity index (χ1) is 6.52. The molecule has 0 unspecified atom stereocenters. The maximum Gasteiger partial charge on any atom is 0.336 e. The molecule has 1 fully saturated rings. The number of hydrogen-bond acceptors (Lipinski definition) is 3. The largest absolute Gasteiger partial charge is 0.336 e. The molecule has 76 valence electrons. The minimum absolute atomic E-state index is 0.138. The van der Waals surface area contributed by atoms with Crippen LogP contribution in [0.25, 0.3) is 0 Å². The molecule has 14 heavy (non-hydrogen) atoms. The van der Waals surface area contributed by atoms with Crippen LogP contribution in [0.4, 0.5) is 0 Å². The van der Waals surface area contributed by atoms with Gasteiger partial charge in [0.25, 0.3) is 0 Å². The van der Waals surface area contributed by atoms with Crippen LogP contribution in [-0.2, 0) is 20.0 Å². The maximum atomic E-state index is 11.1. The van der Waals surface area contributed by atoms with Gasteiger partial charge in [-0.2, -0.15) is 13.1 Å². The summed E-state index contributed by atoms with van der Waals surface area (Å²) in [7, 11) is -3.55. The number of nitrogens with one attached hydrogen (secondary N) is 1. The molecule has 1 aromatic rings. The summed E-state index contributed by atoms with van der Waals surface area (Å²) in [5.41, 5.74) is 0.265. The van der Waals surface area contributed by atoms with Crippen LogP contribution in [-0.4, -0.2) is 15.0 Å². The van der Waals surface area contributed by atoms with Crippen LogP contribution in [0.1, 0.15) is 12.5 Å². The van der Waals surface area contributed by atoms with E-state index in [0.717, 1.165) is 5.56 Å². The van der Waals surface area contributed by atoms with E-state index < -0.39 is 15.8 Å². The fourth-order valence-corrected chi connectivity index (χ4v) is 2.66. The Balaban J connectivity index is 2.37. The third-order valence-corrected chi connectivity index (χ3v) is 3.39. The van der Waals surface area contributed by atoms with Gasteiger partial charge >= 0.3 is 10.3 Å². The molecule has 0 aromatic heterocycles. The molecule has 1 heterocycles. The normalized spacial score (nSPS) is 30.4. The van der Waals surface area contributed by atoms with Crippen molar-refractivity contribution >= 4 is 10.3 Å². The molecule has 5 heteroatoms. The molecule has 0 radical (unpaired) electrons. The van der Waals surface area contributed by atoms with Crippen LogP contribution in [0.3, 0.4) is 0 Å². The highest BCUT2D eigenvalue weighted by molar-refractivity contribution is 7.85. The van der Waals surface area contributed by atoms with Gasteiger partial charge in [-0.25, -0.2) is 0 Å². The average Bonchev–Trinajstić information content (AvgIpc) is 2.44. The van der Waals surface area contributed by atoms with E-state index >= 15 is 0 Å². The number of rotatable bonds is 1. The Bertz CT molecular complexity index is 429. The van der Waals surface area contributed by atoms with Gasteiger partial charge in [0.2, 0.25) is 0 Å². The second-order valence-electron chi connectivity index (χ2n) is 3.52. The van der Waals surface area contributed by atoms with Crippen LogP contribution in [0.15, 0.2) is 30.3 Å². The van der Waals surface area contributed by atoms with Gasteiger partial charge in [0.05, 0.1) is 12.1 Å². The van der Waals surface area contributed by atoms with E-state index in [9.17, 15) is 8.42 Å². The molecular weight excluding hydrogens is 202 g/mol. The van der Waals surface area contributed by atoms with Crippen molar-refractivity contribution in [3.63, 3.8) is 0 Å². The first-order valence-electron chi connectivity index (χ1n) is 4.26. The molecule has 0 amide bonds. The van der Waals surface area contributed by atoms with Crippen LogP contribution in [0.5, 0.6) is 0 Å². The molecule has 2 rings (SSSR count). The van der Waals surface area contributed by atoms with E-state index in [1.54, 1.807) is 6.92 Å². The van der Waals surface area contributed by atoms with Crippen molar-refractivity contribution in [2.24, 2.45) is 0 Å². The average molecular weight is 213 g/mol. The van der Waals surface area contributed by atoms with Gasteiger partial charge in [0.1, 0.15) is 0 Å². The topological polar surface area (TPSA) is 55.4 Å². The van der Waals surface area contributed by atoms with Crippen molar-refractivity contribution in [1.29, 1.82) is 0 Å². The highest BCUT2D eigenvalue weighted by Gasteiger charge is 2.39. The summed E-state index contributed by atoms with van der Waals surface area (Å²) in [6, 6.07) is 9.37. The Kier molecular flexibility index (Phi) is 2.10. The molecule has 1 aromatic carbocycles. The Morgan fingerprint density at radius 2 is 2.00 bits per heavy atom. The highest BCUT2D eigenvalue weighted by Crippen LogP contribution is 2.27. The van der Waals surface area contributed by atoms with Crippen molar-refractivity contribution in [3.05, 3.63) is 35.9 Å². The Labute approximate surface area is 83.2 Å².